The number of β-amino-alcohol motifs (C(OH)–C–C–N with tert-alkyl or cyclic N) is 1. The van der Waals surface area contributed by atoms with Gasteiger partial charge in [0.25, 0.3) is 0 Å². The first-order valence-electron chi connectivity index (χ1n) is 8.92. The van der Waals surface area contributed by atoms with E-state index in [-0.39, 0.29) is 6.10 Å². The molecule has 2 atom stereocenters. The molecule has 1 aromatic carbocycles. The van der Waals surface area contributed by atoms with Gasteiger partial charge in [-0.25, -0.2) is 0 Å². The molecular formula is C18H30N4O. The lowest BCUT2D eigenvalue weighted by atomic mass is 10.1. The first kappa shape index (κ1) is 16.7. The smallest absolute Gasteiger partial charge is 0.0716 e. The van der Waals surface area contributed by atoms with Crippen LogP contribution in [0.2, 0.25) is 0 Å². The van der Waals surface area contributed by atoms with Gasteiger partial charge in [-0.15, -0.1) is 0 Å². The minimum absolute atomic E-state index is 0.208. The lowest BCUT2D eigenvalue weighted by Crippen LogP contribution is -2.46. The molecule has 3 rings (SSSR count). The van der Waals surface area contributed by atoms with Crippen molar-refractivity contribution >= 4 is 5.69 Å². The summed E-state index contributed by atoms with van der Waals surface area (Å²) in [4.78, 5) is 5.01. The predicted octanol–water partition coefficient (Wildman–Crippen LogP) is 0.498. The normalized spacial score (nSPS) is 25.9. The van der Waals surface area contributed by atoms with Crippen LogP contribution in [0.15, 0.2) is 24.3 Å². The first-order valence-corrected chi connectivity index (χ1v) is 8.92. The number of aliphatic hydroxyl groups is 1. The summed E-state index contributed by atoms with van der Waals surface area (Å²) < 4.78 is 0. The third kappa shape index (κ3) is 4.23. The Morgan fingerprint density at radius 2 is 1.96 bits per heavy atom. The lowest BCUT2D eigenvalue weighted by molar-refractivity contribution is 0.146. The highest BCUT2D eigenvalue weighted by molar-refractivity contribution is 5.54. The number of piperazine rings is 1. The van der Waals surface area contributed by atoms with Gasteiger partial charge in [-0.2, -0.15) is 0 Å². The Labute approximate surface area is 139 Å². The van der Waals surface area contributed by atoms with Gasteiger partial charge in [0.1, 0.15) is 0 Å². The van der Waals surface area contributed by atoms with E-state index in [0.29, 0.717) is 5.92 Å². The van der Waals surface area contributed by atoms with Gasteiger partial charge in [0.05, 0.1) is 6.10 Å². The summed E-state index contributed by atoms with van der Waals surface area (Å²) in [6, 6.07) is 8.72. The maximum atomic E-state index is 9.88. The quantitative estimate of drug-likeness (QED) is 0.713. The second-order valence-corrected chi connectivity index (χ2v) is 6.67. The molecule has 0 aromatic heterocycles. The highest BCUT2D eigenvalue weighted by atomic mass is 16.3. The van der Waals surface area contributed by atoms with Crippen LogP contribution >= 0.6 is 0 Å². The van der Waals surface area contributed by atoms with E-state index in [2.05, 4.69) is 51.6 Å². The fourth-order valence-electron chi connectivity index (χ4n) is 3.59. The Bertz CT molecular complexity index is 488. The molecular weight excluding hydrogens is 288 g/mol. The van der Waals surface area contributed by atoms with Gasteiger partial charge in [0, 0.05) is 64.0 Å². The summed E-state index contributed by atoms with van der Waals surface area (Å²) in [7, 11) is 0. The van der Waals surface area contributed by atoms with E-state index in [9.17, 15) is 5.11 Å². The number of likely N-dealkylation sites (N-methyl/N-ethyl adjacent to an activating group) is 1. The van der Waals surface area contributed by atoms with Crippen molar-refractivity contribution in [2.45, 2.75) is 19.6 Å². The minimum atomic E-state index is -0.208. The molecule has 2 fully saturated rings. The van der Waals surface area contributed by atoms with Crippen LogP contribution in [0.25, 0.3) is 0 Å². The molecule has 128 valence electrons. The van der Waals surface area contributed by atoms with Crippen LogP contribution in [0.5, 0.6) is 0 Å². The molecule has 3 N–H and O–H groups in total. The average molecular weight is 318 g/mol. The Hall–Kier alpha value is -1.14. The SMILES string of the molecule is CCN1CCN(c2ccccc2CNCC2CNCC2O)CC1. The molecule has 0 aliphatic carbocycles. The van der Waals surface area contributed by atoms with Crippen LogP contribution in [0.1, 0.15) is 12.5 Å². The Kier molecular flexibility index (Phi) is 5.89. The van der Waals surface area contributed by atoms with E-state index in [4.69, 9.17) is 0 Å². The van der Waals surface area contributed by atoms with Crippen molar-refractivity contribution in [3.63, 3.8) is 0 Å². The average Bonchev–Trinajstić information content (AvgIpc) is 3.01. The van der Waals surface area contributed by atoms with Crippen molar-refractivity contribution < 1.29 is 5.11 Å². The maximum Gasteiger partial charge on any atom is 0.0716 e. The van der Waals surface area contributed by atoms with Crippen molar-refractivity contribution in [1.82, 2.24) is 15.5 Å². The van der Waals surface area contributed by atoms with Crippen molar-refractivity contribution in [3.8, 4) is 0 Å². The van der Waals surface area contributed by atoms with Gasteiger partial charge in [0.2, 0.25) is 0 Å². The van der Waals surface area contributed by atoms with Gasteiger partial charge in [-0.1, -0.05) is 25.1 Å². The third-order valence-corrected chi connectivity index (χ3v) is 5.18. The van der Waals surface area contributed by atoms with E-state index >= 15 is 0 Å². The van der Waals surface area contributed by atoms with E-state index < -0.39 is 0 Å². The molecule has 2 saturated heterocycles. The zero-order valence-corrected chi connectivity index (χ0v) is 14.2. The number of anilines is 1. The Balaban J connectivity index is 1.55. The number of rotatable bonds is 6. The molecule has 0 amide bonds. The summed E-state index contributed by atoms with van der Waals surface area (Å²) in [6.07, 6.45) is -0.208. The molecule has 2 aliphatic rings. The van der Waals surface area contributed by atoms with Crippen LogP contribution in [-0.2, 0) is 6.54 Å². The molecule has 0 spiro atoms. The van der Waals surface area contributed by atoms with Gasteiger partial charge >= 0.3 is 0 Å². The van der Waals surface area contributed by atoms with Crippen LogP contribution in [0, 0.1) is 5.92 Å². The highest BCUT2D eigenvalue weighted by Gasteiger charge is 2.24. The molecule has 23 heavy (non-hydrogen) atoms. The first-order chi connectivity index (χ1) is 11.3. The van der Waals surface area contributed by atoms with Crippen LogP contribution in [0.4, 0.5) is 5.69 Å². The van der Waals surface area contributed by atoms with Gasteiger partial charge < -0.3 is 25.5 Å². The van der Waals surface area contributed by atoms with E-state index in [1.807, 2.05) is 0 Å². The molecule has 5 nitrogen and oxygen atoms in total. The van der Waals surface area contributed by atoms with Crippen molar-refractivity contribution in [2.24, 2.45) is 5.92 Å². The molecule has 1 aromatic rings. The Morgan fingerprint density at radius 1 is 1.17 bits per heavy atom. The number of hydrogen-bond acceptors (Lipinski definition) is 5. The molecule has 0 bridgehead atoms. The summed E-state index contributed by atoms with van der Waals surface area (Å²) >= 11 is 0. The molecule has 2 aliphatic heterocycles. The minimum Gasteiger partial charge on any atom is -0.391 e. The molecule has 0 saturated carbocycles. The van der Waals surface area contributed by atoms with Gasteiger partial charge in [0.15, 0.2) is 0 Å². The third-order valence-electron chi connectivity index (χ3n) is 5.18. The number of nitrogens with one attached hydrogen (secondary N) is 2. The van der Waals surface area contributed by atoms with Crippen LogP contribution in [0.3, 0.4) is 0 Å². The van der Waals surface area contributed by atoms with Crippen molar-refractivity contribution in [2.75, 3.05) is 57.3 Å². The van der Waals surface area contributed by atoms with Crippen molar-refractivity contribution in [1.29, 1.82) is 0 Å². The van der Waals surface area contributed by atoms with Crippen LogP contribution in [-0.4, -0.2) is 68.5 Å². The highest BCUT2D eigenvalue weighted by Crippen LogP contribution is 2.22. The van der Waals surface area contributed by atoms with Gasteiger partial charge in [-0.05, 0) is 18.2 Å². The molecule has 2 heterocycles. The molecule has 5 heteroatoms. The summed E-state index contributed by atoms with van der Waals surface area (Å²) in [6.45, 7) is 11.3. The number of para-hydroxylation sites is 1. The fraction of sp³-hybridized carbons (Fsp3) is 0.667. The second-order valence-electron chi connectivity index (χ2n) is 6.67. The zero-order chi connectivity index (χ0) is 16.1. The number of benzene rings is 1. The largest absolute Gasteiger partial charge is 0.391 e. The standard InChI is InChI=1S/C18H30N4O/c1-2-21-7-9-22(10-8-21)17-6-4-3-5-15(17)11-19-12-16-13-20-14-18(16)23/h3-6,16,18-20,23H,2,7-14H2,1H3. The lowest BCUT2D eigenvalue weighted by Gasteiger charge is -2.36. The summed E-state index contributed by atoms with van der Waals surface area (Å²) in [5.74, 6) is 0.329. The zero-order valence-electron chi connectivity index (χ0n) is 14.2. The Morgan fingerprint density at radius 3 is 2.65 bits per heavy atom. The maximum absolute atomic E-state index is 9.88. The molecule has 0 radical (unpaired) electrons. The van der Waals surface area contributed by atoms with Gasteiger partial charge in [-0.3, -0.25) is 0 Å². The number of nitrogens with zero attached hydrogens (tertiary/aromatic N) is 2. The monoisotopic (exact) mass is 318 g/mol. The second kappa shape index (κ2) is 8.11. The summed E-state index contributed by atoms with van der Waals surface area (Å²) in [5, 5.41) is 16.7. The summed E-state index contributed by atoms with van der Waals surface area (Å²) in [5.41, 5.74) is 2.72. The number of aliphatic hydroxyl groups excluding tert-OH is 1. The fourth-order valence-corrected chi connectivity index (χ4v) is 3.59. The van der Waals surface area contributed by atoms with Crippen LogP contribution < -0.4 is 15.5 Å². The predicted molar refractivity (Wildman–Crippen MR) is 94.8 cm³/mol. The van der Waals surface area contributed by atoms with E-state index in [1.54, 1.807) is 0 Å². The molecule has 2 unspecified atom stereocenters. The topological polar surface area (TPSA) is 50.8 Å². The van der Waals surface area contributed by atoms with E-state index in [0.717, 1.165) is 58.9 Å². The van der Waals surface area contributed by atoms with E-state index in [1.165, 1.54) is 11.3 Å². The number of hydrogen-bond donors (Lipinski definition) is 3. The van der Waals surface area contributed by atoms with Crippen molar-refractivity contribution in [3.05, 3.63) is 29.8 Å².